The van der Waals surface area contributed by atoms with Crippen LogP contribution >= 0.6 is 0 Å². The number of hydrogen-bond donors (Lipinski definition) is 0. The third-order valence-corrected chi connectivity index (χ3v) is 9.70. The molecule has 1 fully saturated rings. The van der Waals surface area contributed by atoms with Gasteiger partial charge < -0.3 is 33.3 Å². The topological polar surface area (TPSA) is 103 Å². The smallest absolute Gasteiger partial charge is 0.308 e. The molecule has 2 unspecified atom stereocenters. The number of likely N-dealkylation sites (N-methyl/N-ethyl adjacent to an activating group) is 1. The number of piperazine rings is 1. The fourth-order valence-corrected chi connectivity index (χ4v) is 7.60. The Kier molecular flexibility index (Phi) is 9.08. The second-order valence-corrected chi connectivity index (χ2v) is 12.6. The highest BCUT2D eigenvalue weighted by atomic mass is 16.7. The molecule has 46 heavy (non-hydrogen) atoms. The van der Waals surface area contributed by atoms with E-state index in [2.05, 4.69) is 48.9 Å². The Morgan fingerprint density at radius 2 is 1.80 bits per heavy atom. The quantitative estimate of drug-likeness (QED) is 0.163. The van der Waals surface area contributed by atoms with E-state index in [0.717, 1.165) is 70.7 Å². The minimum absolute atomic E-state index is 0.0623. The lowest BCUT2D eigenvalue weighted by atomic mass is 9.75. The number of rotatable bonds is 11. The van der Waals surface area contributed by atoms with Crippen molar-refractivity contribution in [1.82, 2.24) is 9.80 Å². The lowest BCUT2D eigenvalue weighted by molar-refractivity contribution is -0.131. The number of aryl methyl sites for hydroxylation is 1. The maximum absolute atomic E-state index is 12.5. The minimum Gasteiger partial charge on any atom is -0.493 e. The van der Waals surface area contributed by atoms with Gasteiger partial charge in [0.2, 0.25) is 6.79 Å². The molecular weight excluding hydrogens is 586 g/mol. The molecule has 2 aromatic carbocycles. The second-order valence-electron chi connectivity index (χ2n) is 12.6. The molecule has 246 valence electrons. The molecule has 1 saturated heterocycles. The number of benzene rings is 2. The minimum atomic E-state index is -0.489. The van der Waals surface area contributed by atoms with E-state index in [9.17, 15) is 10.1 Å². The summed E-state index contributed by atoms with van der Waals surface area (Å²) < 4.78 is 36.9. The molecule has 6 rings (SSSR count). The maximum atomic E-state index is 12.5. The number of ether oxygens (including phenoxy) is 6. The van der Waals surface area contributed by atoms with E-state index in [0.29, 0.717) is 49.1 Å². The highest BCUT2D eigenvalue weighted by molar-refractivity contribution is 5.81. The molecule has 2 aromatic rings. The molecule has 4 aliphatic heterocycles. The molecule has 0 N–H and O–H groups in total. The van der Waals surface area contributed by atoms with Crippen LogP contribution in [0, 0.1) is 25.2 Å². The van der Waals surface area contributed by atoms with Gasteiger partial charge >= 0.3 is 5.97 Å². The molecule has 4 aliphatic rings. The van der Waals surface area contributed by atoms with Crippen molar-refractivity contribution in [2.45, 2.75) is 90.9 Å². The molecule has 0 spiro atoms. The number of carbonyl (C=O) groups is 1. The van der Waals surface area contributed by atoms with E-state index in [1.54, 1.807) is 7.11 Å². The van der Waals surface area contributed by atoms with Gasteiger partial charge in [0.25, 0.3) is 0 Å². The van der Waals surface area contributed by atoms with Crippen molar-refractivity contribution in [1.29, 1.82) is 5.26 Å². The van der Waals surface area contributed by atoms with Gasteiger partial charge in [-0.3, -0.25) is 9.69 Å². The Balaban J connectivity index is 1.63. The number of esters is 1. The second kappa shape index (κ2) is 13.0. The monoisotopic (exact) mass is 631 g/mol. The van der Waals surface area contributed by atoms with Gasteiger partial charge in [-0.25, -0.2) is 0 Å². The van der Waals surface area contributed by atoms with Crippen LogP contribution in [0.2, 0.25) is 0 Å². The van der Waals surface area contributed by atoms with E-state index < -0.39 is 12.0 Å². The molecule has 0 saturated carbocycles. The zero-order valence-corrected chi connectivity index (χ0v) is 28.0. The van der Waals surface area contributed by atoms with Crippen LogP contribution in [-0.4, -0.2) is 68.6 Å². The number of carbonyl (C=O) groups excluding carboxylic acids is 1. The van der Waals surface area contributed by atoms with Gasteiger partial charge in [0, 0.05) is 47.5 Å². The van der Waals surface area contributed by atoms with Crippen LogP contribution in [0.3, 0.4) is 0 Å². The van der Waals surface area contributed by atoms with Crippen LogP contribution in [0.25, 0.3) is 6.08 Å². The van der Waals surface area contributed by atoms with E-state index in [1.807, 2.05) is 13.8 Å². The first-order chi connectivity index (χ1) is 22.3. The molecule has 0 radical (unpaired) electrons. The summed E-state index contributed by atoms with van der Waals surface area (Å²) in [5.41, 5.74) is 6.38. The summed E-state index contributed by atoms with van der Waals surface area (Å²) in [5, 5.41) is 10.9. The van der Waals surface area contributed by atoms with E-state index in [4.69, 9.17) is 28.4 Å². The van der Waals surface area contributed by atoms with Crippen molar-refractivity contribution in [2.75, 3.05) is 40.8 Å². The van der Waals surface area contributed by atoms with E-state index in [1.165, 1.54) is 6.92 Å². The van der Waals surface area contributed by atoms with Crippen molar-refractivity contribution in [3.05, 3.63) is 45.1 Å². The largest absolute Gasteiger partial charge is 0.493 e. The van der Waals surface area contributed by atoms with E-state index >= 15 is 0 Å². The summed E-state index contributed by atoms with van der Waals surface area (Å²) in [7, 11) is 3.77. The average Bonchev–Trinajstić information content (AvgIpc) is 3.52. The highest BCUT2D eigenvalue weighted by Gasteiger charge is 2.53. The number of hydrogen-bond acceptors (Lipinski definition) is 10. The summed E-state index contributed by atoms with van der Waals surface area (Å²) >= 11 is 0. The van der Waals surface area contributed by atoms with Crippen LogP contribution in [-0.2, 0) is 16.0 Å². The van der Waals surface area contributed by atoms with Crippen molar-refractivity contribution < 1.29 is 33.2 Å². The first kappa shape index (κ1) is 32.0. The third-order valence-electron chi connectivity index (χ3n) is 9.70. The van der Waals surface area contributed by atoms with Crippen LogP contribution in [0.1, 0.15) is 91.9 Å². The predicted octanol–water partition coefficient (Wildman–Crippen LogP) is 6.16. The van der Waals surface area contributed by atoms with E-state index in [-0.39, 0.29) is 24.9 Å². The van der Waals surface area contributed by atoms with Gasteiger partial charge in [0.05, 0.1) is 38.5 Å². The van der Waals surface area contributed by atoms with Crippen molar-refractivity contribution in [3.8, 4) is 34.8 Å². The number of nitrogens with zero attached hydrogens (tertiary/aromatic N) is 3. The number of nitriles is 1. The molecule has 2 bridgehead atoms. The summed E-state index contributed by atoms with van der Waals surface area (Å²) in [6.07, 6.45) is 6.61. The summed E-state index contributed by atoms with van der Waals surface area (Å²) in [4.78, 5) is 17.0. The third kappa shape index (κ3) is 5.14. The lowest BCUT2D eigenvalue weighted by Crippen LogP contribution is -2.62. The van der Waals surface area contributed by atoms with Crippen LogP contribution in [0.15, 0.2) is 11.8 Å². The first-order valence-corrected chi connectivity index (χ1v) is 16.4. The lowest BCUT2D eigenvalue weighted by Gasteiger charge is -2.57. The Morgan fingerprint density at radius 3 is 2.50 bits per heavy atom. The predicted molar refractivity (Wildman–Crippen MR) is 172 cm³/mol. The molecule has 10 heteroatoms. The molecular formula is C36H45N3O7. The molecule has 0 amide bonds. The Bertz CT molecular complexity index is 1600. The van der Waals surface area contributed by atoms with Gasteiger partial charge in [-0.05, 0) is 57.4 Å². The summed E-state index contributed by atoms with van der Waals surface area (Å²) in [5.74, 6) is 2.67. The number of fused-ring (bicyclic) bond motifs is 9. The number of unbranched alkanes of at least 4 members (excludes halogenated alkanes) is 2. The Morgan fingerprint density at radius 1 is 1.07 bits per heavy atom. The van der Waals surface area contributed by atoms with Gasteiger partial charge in [0.1, 0.15) is 11.8 Å². The molecule has 0 aromatic heterocycles. The maximum Gasteiger partial charge on any atom is 0.308 e. The standard InChI is InChI=1S/C36H45N3O7/c1-8-10-12-42-18-28-30-24(33(46-22(5)40)21(4)34-36(30)45-19-44-34)16-26-31-29-23(15-25(38(31)6)27(17-37)39(26)28)14-20(3)32(41-7)35(29)43-13-11-9-2/h14,16,25,27-28,31H,8-13,15,18-19H2,1-7H3/t25?,27-,28-,31?/m0/s1. The molecule has 0 aliphatic carbocycles. The van der Waals surface area contributed by atoms with Gasteiger partial charge in [-0.2, -0.15) is 5.26 Å². The zero-order chi connectivity index (χ0) is 32.7. The van der Waals surface area contributed by atoms with Gasteiger partial charge in [0.15, 0.2) is 23.0 Å². The van der Waals surface area contributed by atoms with Crippen LogP contribution in [0.4, 0.5) is 0 Å². The SMILES string of the molecule is CCCCOC[C@H]1c2c(c(OC(C)=O)c(C)c3c2OCO3)C=C2C3c4c(cc(C)c(OC)c4OCCCC)CC([C@H](C#N)N21)N3C. The van der Waals surface area contributed by atoms with Crippen LogP contribution < -0.4 is 23.7 Å². The normalized spacial score (nSPS) is 22.3. The van der Waals surface area contributed by atoms with Gasteiger partial charge in [-0.15, -0.1) is 0 Å². The van der Waals surface area contributed by atoms with Gasteiger partial charge in [-0.1, -0.05) is 32.8 Å². The highest BCUT2D eigenvalue weighted by Crippen LogP contribution is 2.59. The zero-order valence-electron chi connectivity index (χ0n) is 28.0. The first-order valence-electron chi connectivity index (χ1n) is 16.4. The fraction of sp³-hybridized carbons (Fsp3) is 0.556. The molecule has 4 atom stereocenters. The van der Waals surface area contributed by atoms with Crippen molar-refractivity contribution in [3.63, 3.8) is 0 Å². The fourth-order valence-electron chi connectivity index (χ4n) is 7.60. The Hall–Kier alpha value is -3.94. The average molecular weight is 632 g/mol. The van der Waals surface area contributed by atoms with Crippen LogP contribution in [0.5, 0.6) is 28.7 Å². The number of methoxy groups -OCH3 is 1. The summed E-state index contributed by atoms with van der Waals surface area (Å²) in [6.45, 7) is 11.2. The van der Waals surface area contributed by atoms with Crippen molar-refractivity contribution in [2.24, 2.45) is 0 Å². The molecule has 4 heterocycles. The summed E-state index contributed by atoms with van der Waals surface area (Å²) in [6, 6.07) is 3.63. The molecule has 10 nitrogen and oxygen atoms in total. The van der Waals surface area contributed by atoms with Crippen molar-refractivity contribution >= 4 is 12.0 Å². The Labute approximate surface area is 271 Å².